The zero-order chi connectivity index (χ0) is 22.8. The van der Waals surface area contributed by atoms with Crippen LogP contribution < -0.4 is 0 Å². The number of aliphatic carboxylic acids is 1. The van der Waals surface area contributed by atoms with Gasteiger partial charge >= 0.3 is 5.97 Å². The first-order chi connectivity index (χ1) is 14.6. The van der Waals surface area contributed by atoms with Crippen molar-refractivity contribution in [3.8, 4) is 22.7 Å². The van der Waals surface area contributed by atoms with Gasteiger partial charge < -0.3 is 19.5 Å². The van der Waals surface area contributed by atoms with Crippen molar-refractivity contribution in [2.24, 2.45) is 0 Å². The number of hydrogen-bond donors (Lipinski definition) is 3. The van der Waals surface area contributed by atoms with Crippen molar-refractivity contribution < 1.29 is 28.9 Å². The van der Waals surface area contributed by atoms with Gasteiger partial charge in [0.25, 0.3) is 7.37 Å². The molecule has 31 heavy (non-hydrogen) atoms. The third-order valence-electron chi connectivity index (χ3n) is 4.79. The Kier molecular flexibility index (Phi) is 6.66. The van der Waals surface area contributed by atoms with Crippen LogP contribution in [0.25, 0.3) is 16.6 Å². The smallest absolute Gasteiger partial charge is 0.305 e. The molecule has 0 spiro atoms. The Labute approximate surface area is 179 Å². The molecule has 0 aliphatic rings. The number of benzene rings is 1. The van der Waals surface area contributed by atoms with Gasteiger partial charge in [-0.2, -0.15) is 0 Å². The van der Waals surface area contributed by atoms with Gasteiger partial charge in [0, 0.05) is 17.5 Å². The number of carbonyl (C=O) groups is 1. The molecule has 0 fully saturated rings. The fourth-order valence-electron chi connectivity index (χ4n) is 3.58. The van der Waals surface area contributed by atoms with E-state index in [0.717, 1.165) is 11.2 Å². The van der Waals surface area contributed by atoms with Gasteiger partial charge in [0.1, 0.15) is 5.82 Å². The molecule has 162 valence electrons. The van der Waals surface area contributed by atoms with E-state index in [2.05, 4.69) is 11.6 Å². The van der Waals surface area contributed by atoms with Crippen molar-refractivity contribution in [3.05, 3.63) is 65.7 Å². The zero-order valence-corrected chi connectivity index (χ0v) is 18.0. The molecule has 0 aliphatic carbocycles. The lowest BCUT2D eigenvalue weighted by Gasteiger charge is -2.10. The number of halogens is 1. The van der Waals surface area contributed by atoms with E-state index in [1.807, 2.05) is 42.6 Å². The number of carboxylic acids is 1. The maximum Gasteiger partial charge on any atom is 0.305 e. The first kappa shape index (κ1) is 22.8. The number of aliphatic hydroxyl groups is 1. The molecule has 0 saturated heterocycles. The predicted octanol–water partition coefficient (Wildman–Crippen LogP) is 4.28. The van der Waals surface area contributed by atoms with Crippen molar-refractivity contribution in [2.75, 3.05) is 6.16 Å². The third kappa shape index (κ3) is 5.23. The van der Waals surface area contributed by atoms with E-state index in [1.54, 1.807) is 12.1 Å². The summed E-state index contributed by atoms with van der Waals surface area (Å²) >= 11 is 0. The van der Waals surface area contributed by atoms with Crippen LogP contribution in [-0.4, -0.2) is 37.7 Å². The van der Waals surface area contributed by atoms with Gasteiger partial charge in [-0.15, -0.1) is 0 Å². The van der Waals surface area contributed by atoms with Gasteiger partial charge in [-0.05, 0) is 41.4 Å². The van der Waals surface area contributed by atoms with E-state index >= 15 is 0 Å². The minimum absolute atomic E-state index is 0.0177. The number of aliphatic hydroxyl groups excluding tert-OH is 1. The molecule has 3 aromatic rings. The average molecular weight is 443 g/mol. The van der Waals surface area contributed by atoms with Crippen molar-refractivity contribution in [1.82, 2.24) is 4.40 Å². The molecule has 0 bridgehead atoms. The first-order valence-corrected chi connectivity index (χ1v) is 11.6. The second-order valence-corrected chi connectivity index (χ2v) is 9.62. The molecule has 1 unspecified atom stereocenters. The van der Waals surface area contributed by atoms with E-state index in [9.17, 15) is 23.7 Å². The zero-order valence-electron chi connectivity index (χ0n) is 17.1. The topological polar surface area (TPSA) is 99.2 Å². The fourth-order valence-corrected chi connectivity index (χ4v) is 4.65. The van der Waals surface area contributed by atoms with Crippen molar-refractivity contribution in [3.63, 3.8) is 0 Å². The van der Waals surface area contributed by atoms with E-state index in [1.165, 1.54) is 12.1 Å². The Hall–Kier alpha value is -2.91. The summed E-state index contributed by atoms with van der Waals surface area (Å²) in [4.78, 5) is 21.0. The second-order valence-electron chi connectivity index (χ2n) is 7.63. The Bertz CT molecular complexity index is 1220. The molecular weight excluding hydrogens is 420 g/mol. The summed E-state index contributed by atoms with van der Waals surface area (Å²) in [7, 11) is -4.13. The largest absolute Gasteiger partial charge is 0.481 e. The highest BCUT2D eigenvalue weighted by atomic mass is 31.2. The lowest BCUT2D eigenvalue weighted by molar-refractivity contribution is -0.138. The van der Waals surface area contributed by atoms with Crippen molar-refractivity contribution in [2.45, 2.75) is 32.3 Å². The van der Waals surface area contributed by atoms with Crippen LogP contribution in [0.3, 0.4) is 0 Å². The van der Waals surface area contributed by atoms with Crippen molar-refractivity contribution in [1.29, 1.82) is 0 Å². The summed E-state index contributed by atoms with van der Waals surface area (Å²) in [6.45, 7) is 3.95. The minimum atomic E-state index is -4.13. The number of fused-ring (bicyclic) bond motifs is 1. The van der Waals surface area contributed by atoms with Crippen LogP contribution in [-0.2, 0) is 9.36 Å². The molecule has 6 nitrogen and oxygen atoms in total. The van der Waals surface area contributed by atoms with E-state index in [4.69, 9.17) is 5.11 Å². The second kappa shape index (κ2) is 9.07. The Morgan fingerprint density at radius 3 is 2.48 bits per heavy atom. The lowest BCUT2D eigenvalue weighted by atomic mass is 9.98. The number of aromatic nitrogens is 1. The normalized spacial score (nSPS) is 14.1. The summed E-state index contributed by atoms with van der Waals surface area (Å²) < 4.78 is 28.0. The highest BCUT2D eigenvalue weighted by Gasteiger charge is 2.24. The summed E-state index contributed by atoms with van der Waals surface area (Å²) in [6, 6.07) is 11.6. The first-order valence-electron chi connectivity index (χ1n) is 9.73. The van der Waals surface area contributed by atoms with Gasteiger partial charge in [0.2, 0.25) is 0 Å². The number of carboxylic acid groups (broad SMARTS) is 1. The van der Waals surface area contributed by atoms with Gasteiger partial charge in [-0.1, -0.05) is 38.0 Å². The van der Waals surface area contributed by atoms with Crippen LogP contribution in [0.1, 0.15) is 37.4 Å². The molecule has 0 aliphatic heterocycles. The van der Waals surface area contributed by atoms with Gasteiger partial charge in [-0.3, -0.25) is 9.36 Å². The van der Waals surface area contributed by atoms with Crippen LogP contribution in [0, 0.1) is 17.4 Å². The average Bonchev–Trinajstić information content (AvgIpc) is 3.00. The molecule has 0 radical (unpaired) electrons. The summed E-state index contributed by atoms with van der Waals surface area (Å²) in [5.41, 5.74) is 5.98. The SMILES string of the molecule is CC(C)c1c(C#CP(=O)(O)C[C@@H](O)CC(=O)O)c(-c2ccc(F)cc2)c2ccccn12. The van der Waals surface area contributed by atoms with Crippen LogP contribution >= 0.6 is 7.37 Å². The number of nitrogens with zero attached hydrogens (tertiary/aromatic N) is 1. The fraction of sp³-hybridized carbons (Fsp3) is 0.261. The monoisotopic (exact) mass is 443 g/mol. The van der Waals surface area contributed by atoms with Crippen LogP contribution in [0.15, 0.2) is 48.7 Å². The predicted molar refractivity (Wildman–Crippen MR) is 117 cm³/mol. The molecule has 2 atom stereocenters. The minimum Gasteiger partial charge on any atom is -0.481 e. The molecule has 3 rings (SSSR count). The molecule has 1 aromatic carbocycles. The number of hydrogen-bond acceptors (Lipinski definition) is 3. The maximum atomic E-state index is 13.5. The summed E-state index contributed by atoms with van der Waals surface area (Å²) in [5.74, 6) is 1.20. The molecule has 0 amide bonds. The lowest BCUT2D eigenvalue weighted by Crippen LogP contribution is -2.17. The van der Waals surface area contributed by atoms with E-state index in [-0.39, 0.29) is 11.7 Å². The molecule has 0 saturated carbocycles. The Balaban J connectivity index is 2.18. The van der Waals surface area contributed by atoms with E-state index in [0.29, 0.717) is 16.7 Å². The van der Waals surface area contributed by atoms with Crippen molar-refractivity contribution >= 4 is 18.9 Å². The molecule has 2 aromatic heterocycles. The number of rotatable bonds is 6. The third-order valence-corrected chi connectivity index (χ3v) is 6.16. The summed E-state index contributed by atoms with van der Waals surface area (Å²) in [5, 5.41) is 18.5. The quantitative estimate of drug-likeness (QED) is 0.390. The van der Waals surface area contributed by atoms with E-state index < -0.39 is 32.0 Å². The molecule has 3 N–H and O–H groups in total. The standard InChI is InChI=1S/C23H23FNO5P/c1-15(2)23-19(10-12-31(29,30)14-18(26)13-21(27)28)22(16-6-8-17(24)9-7-16)20-5-3-4-11-25(20)23/h3-9,11,15,18,26H,13-14H2,1-2H3,(H,27,28)(H,29,30)/t18-/m0/s1. The molecule has 2 heterocycles. The van der Waals surface area contributed by atoms with Crippen LogP contribution in [0.2, 0.25) is 0 Å². The maximum absolute atomic E-state index is 13.5. The van der Waals surface area contributed by atoms with Gasteiger partial charge in [0.15, 0.2) is 0 Å². The van der Waals surface area contributed by atoms with Crippen LogP contribution in [0.4, 0.5) is 4.39 Å². The highest BCUT2D eigenvalue weighted by molar-refractivity contribution is 7.63. The number of pyridine rings is 1. The summed E-state index contributed by atoms with van der Waals surface area (Å²) in [6.07, 6.45) is -0.877. The van der Waals surface area contributed by atoms with Crippen LogP contribution in [0.5, 0.6) is 0 Å². The van der Waals surface area contributed by atoms with Gasteiger partial charge in [-0.25, -0.2) is 4.39 Å². The Morgan fingerprint density at radius 1 is 1.19 bits per heavy atom. The van der Waals surface area contributed by atoms with Gasteiger partial charge in [0.05, 0.1) is 29.8 Å². The highest BCUT2D eigenvalue weighted by Crippen LogP contribution is 2.42. The molecular formula is C23H23FNO5P. The molecule has 8 heteroatoms. The Morgan fingerprint density at radius 2 is 1.87 bits per heavy atom.